The minimum absolute atomic E-state index is 0.0623. The van der Waals surface area contributed by atoms with E-state index >= 15 is 0 Å². The Morgan fingerprint density at radius 1 is 0.891 bits per heavy atom. The highest BCUT2D eigenvalue weighted by molar-refractivity contribution is 5.98. The van der Waals surface area contributed by atoms with Gasteiger partial charge in [-0.3, -0.25) is 9.59 Å². The third-order valence-corrected chi connectivity index (χ3v) is 8.21. The number of aliphatic carboxylic acids is 1. The van der Waals surface area contributed by atoms with Crippen LogP contribution < -0.4 is 20.1 Å². The van der Waals surface area contributed by atoms with Gasteiger partial charge in [0.15, 0.2) is 0 Å². The van der Waals surface area contributed by atoms with Gasteiger partial charge in [-0.15, -0.1) is 0 Å². The van der Waals surface area contributed by atoms with Crippen molar-refractivity contribution in [2.45, 2.75) is 71.8 Å². The largest absolute Gasteiger partial charge is 0.488 e. The molecule has 0 aromatic heterocycles. The van der Waals surface area contributed by atoms with E-state index in [0.29, 0.717) is 68.3 Å². The molecule has 4 rings (SSSR count). The minimum Gasteiger partial charge on any atom is -0.488 e. The van der Waals surface area contributed by atoms with Gasteiger partial charge in [-0.2, -0.15) is 0 Å². The molecular weight excluding hydrogens is 578 g/mol. The number of amides is 1. The molecule has 246 valence electrons. The number of nitrogens with zero attached hydrogens (tertiary/aromatic N) is 1. The molecule has 0 unspecified atom stereocenters. The van der Waals surface area contributed by atoms with Gasteiger partial charge in [0.2, 0.25) is 0 Å². The average Bonchev–Trinajstić information content (AvgIpc) is 3.06. The molecule has 1 amide bonds. The molecule has 1 fully saturated rings. The van der Waals surface area contributed by atoms with E-state index in [0.717, 1.165) is 48.1 Å². The molecule has 3 aromatic carbocycles. The molecule has 0 saturated carbocycles. The van der Waals surface area contributed by atoms with E-state index in [1.165, 1.54) is 0 Å². The number of nitrogens with one attached hydrogen (secondary N) is 2. The molecule has 46 heavy (non-hydrogen) atoms. The fourth-order valence-corrected chi connectivity index (χ4v) is 5.64. The smallest absolute Gasteiger partial charge is 0.320 e. The SMILES string of the molecule is C=C(C)c1cc(C(=O)N2CCC(NCCCN[C@@H](CC(C)C)C(=O)O)CC2)c(OCc2ccccc2)cc1OCc1ccccc1. The van der Waals surface area contributed by atoms with Crippen molar-refractivity contribution < 1.29 is 24.2 Å². The summed E-state index contributed by atoms with van der Waals surface area (Å²) in [6, 6.07) is 23.4. The zero-order valence-electron chi connectivity index (χ0n) is 27.5. The van der Waals surface area contributed by atoms with Crippen LogP contribution >= 0.6 is 0 Å². The Kier molecular flexibility index (Phi) is 13.2. The summed E-state index contributed by atoms with van der Waals surface area (Å²) in [5, 5.41) is 16.2. The zero-order chi connectivity index (χ0) is 32.9. The lowest BCUT2D eigenvalue weighted by atomic mass is 10.00. The number of likely N-dealkylation sites (tertiary alicyclic amines) is 1. The van der Waals surface area contributed by atoms with Crippen LogP contribution in [0.1, 0.15) is 73.5 Å². The first-order valence-electron chi connectivity index (χ1n) is 16.4. The molecule has 1 heterocycles. The molecule has 1 aliphatic rings. The van der Waals surface area contributed by atoms with Crippen LogP contribution in [0, 0.1) is 5.92 Å². The van der Waals surface area contributed by atoms with Crippen molar-refractivity contribution in [1.82, 2.24) is 15.5 Å². The molecule has 1 aliphatic heterocycles. The number of carbonyl (C=O) groups is 2. The number of hydrogen-bond acceptors (Lipinski definition) is 6. The molecule has 0 radical (unpaired) electrons. The maximum atomic E-state index is 14.0. The summed E-state index contributed by atoms with van der Waals surface area (Å²) < 4.78 is 12.6. The summed E-state index contributed by atoms with van der Waals surface area (Å²) in [5.41, 5.74) is 4.16. The maximum absolute atomic E-state index is 14.0. The predicted octanol–water partition coefficient (Wildman–Crippen LogP) is 6.55. The molecule has 0 bridgehead atoms. The van der Waals surface area contributed by atoms with Gasteiger partial charge in [-0.25, -0.2) is 0 Å². The van der Waals surface area contributed by atoms with Crippen molar-refractivity contribution >= 4 is 17.4 Å². The number of rotatable bonds is 17. The number of allylic oxidation sites excluding steroid dienone is 1. The molecule has 3 N–H and O–H groups in total. The average molecular weight is 628 g/mol. The van der Waals surface area contributed by atoms with Crippen molar-refractivity contribution in [3.8, 4) is 11.5 Å². The van der Waals surface area contributed by atoms with Crippen LogP contribution in [0.25, 0.3) is 5.57 Å². The van der Waals surface area contributed by atoms with Crippen LogP contribution in [-0.2, 0) is 18.0 Å². The summed E-state index contributed by atoms with van der Waals surface area (Å²) in [7, 11) is 0. The molecular formula is C38H49N3O5. The molecule has 1 saturated heterocycles. The molecule has 3 aromatic rings. The molecule has 8 nitrogen and oxygen atoms in total. The molecule has 0 spiro atoms. The highest BCUT2D eigenvalue weighted by atomic mass is 16.5. The van der Waals surface area contributed by atoms with E-state index < -0.39 is 12.0 Å². The standard InChI is InChI=1S/C38H49N3O5/c1-27(2)22-34(38(43)44)40-19-11-18-39-31-16-20-41(21-17-31)37(42)33-23-32(28(3)4)35(45-25-29-12-7-5-8-13-29)24-36(33)46-26-30-14-9-6-10-15-30/h5-10,12-15,23-24,27,31,34,39-40H,3,11,16-22,25-26H2,1-2,4H3,(H,43,44)/t34-/m0/s1. The van der Waals surface area contributed by atoms with Gasteiger partial charge >= 0.3 is 5.97 Å². The van der Waals surface area contributed by atoms with E-state index in [1.807, 2.05) is 98.5 Å². The van der Waals surface area contributed by atoms with Crippen molar-refractivity contribution in [3.05, 3.63) is 102 Å². The van der Waals surface area contributed by atoms with Crippen LogP contribution in [0.3, 0.4) is 0 Å². The topological polar surface area (TPSA) is 100 Å². The highest BCUT2D eigenvalue weighted by Gasteiger charge is 2.27. The number of carboxylic acids is 1. The van der Waals surface area contributed by atoms with E-state index in [-0.39, 0.29) is 5.91 Å². The van der Waals surface area contributed by atoms with E-state index in [9.17, 15) is 14.7 Å². The lowest BCUT2D eigenvalue weighted by Gasteiger charge is -2.33. The quantitative estimate of drug-likeness (QED) is 0.146. The van der Waals surface area contributed by atoms with Crippen molar-refractivity contribution in [2.24, 2.45) is 5.92 Å². The van der Waals surface area contributed by atoms with E-state index in [2.05, 4.69) is 17.2 Å². The zero-order valence-corrected chi connectivity index (χ0v) is 27.5. The fourth-order valence-electron chi connectivity index (χ4n) is 5.64. The van der Waals surface area contributed by atoms with Crippen molar-refractivity contribution in [2.75, 3.05) is 26.2 Å². The summed E-state index contributed by atoms with van der Waals surface area (Å²) in [4.78, 5) is 27.4. The first kappa shape index (κ1) is 34.7. The van der Waals surface area contributed by atoms with E-state index in [4.69, 9.17) is 9.47 Å². The van der Waals surface area contributed by atoms with Gasteiger partial charge < -0.3 is 30.1 Å². The first-order valence-corrected chi connectivity index (χ1v) is 16.4. The molecule has 0 aliphatic carbocycles. The van der Waals surface area contributed by atoms with Gasteiger partial charge in [-0.1, -0.05) is 81.1 Å². The van der Waals surface area contributed by atoms with Crippen LogP contribution in [0.5, 0.6) is 11.5 Å². The van der Waals surface area contributed by atoms with Gasteiger partial charge in [0.1, 0.15) is 30.8 Å². The Bertz CT molecular complexity index is 1420. The summed E-state index contributed by atoms with van der Waals surface area (Å²) >= 11 is 0. The van der Waals surface area contributed by atoms with Crippen molar-refractivity contribution in [1.29, 1.82) is 0 Å². The van der Waals surface area contributed by atoms with Gasteiger partial charge in [0.25, 0.3) is 5.91 Å². The fraction of sp³-hybridized carbons (Fsp3) is 0.421. The number of carboxylic acid groups (broad SMARTS) is 1. The second-order valence-electron chi connectivity index (χ2n) is 12.5. The summed E-state index contributed by atoms with van der Waals surface area (Å²) in [5.74, 6) is 0.591. The number of hydrogen-bond donors (Lipinski definition) is 3. The number of ether oxygens (including phenoxy) is 2. The van der Waals surface area contributed by atoms with Crippen LogP contribution in [0.2, 0.25) is 0 Å². The first-order chi connectivity index (χ1) is 22.2. The monoisotopic (exact) mass is 627 g/mol. The Balaban J connectivity index is 1.39. The van der Waals surface area contributed by atoms with Gasteiger partial charge in [0.05, 0.1) is 5.56 Å². The second kappa shape index (κ2) is 17.5. The highest BCUT2D eigenvalue weighted by Crippen LogP contribution is 2.35. The number of benzene rings is 3. The Labute approximate surface area is 273 Å². The lowest BCUT2D eigenvalue weighted by Crippen LogP contribution is -2.45. The predicted molar refractivity (Wildman–Crippen MR) is 183 cm³/mol. The Morgan fingerprint density at radius 3 is 1.98 bits per heavy atom. The summed E-state index contributed by atoms with van der Waals surface area (Å²) in [6.07, 6.45) is 3.14. The third kappa shape index (κ3) is 10.5. The Hall–Kier alpha value is -4.14. The van der Waals surface area contributed by atoms with Gasteiger partial charge in [-0.05, 0) is 74.4 Å². The van der Waals surface area contributed by atoms with Gasteiger partial charge in [0, 0.05) is 30.8 Å². The second-order valence-corrected chi connectivity index (χ2v) is 12.5. The number of carbonyl (C=O) groups excluding carboxylic acids is 1. The molecule has 8 heteroatoms. The lowest BCUT2D eigenvalue weighted by molar-refractivity contribution is -0.139. The van der Waals surface area contributed by atoms with Crippen LogP contribution in [0.4, 0.5) is 0 Å². The Morgan fingerprint density at radius 2 is 1.46 bits per heavy atom. The van der Waals surface area contributed by atoms with E-state index in [1.54, 1.807) is 0 Å². The van der Waals surface area contributed by atoms with Crippen LogP contribution in [-0.4, -0.2) is 60.1 Å². The van der Waals surface area contributed by atoms with Crippen molar-refractivity contribution in [3.63, 3.8) is 0 Å². The van der Waals surface area contributed by atoms with Crippen LogP contribution in [0.15, 0.2) is 79.4 Å². The molecule has 1 atom stereocenters. The maximum Gasteiger partial charge on any atom is 0.320 e. The normalized spacial score (nSPS) is 14.2. The number of piperidine rings is 1. The summed E-state index contributed by atoms with van der Waals surface area (Å²) in [6.45, 7) is 13.6. The minimum atomic E-state index is -0.794. The third-order valence-electron chi connectivity index (χ3n) is 8.21.